The molecule has 0 atom stereocenters. The lowest BCUT2D eigenvalue weighted by atomic mass is 9.99. The van der Waals surface area contributed by atoms with E-state index in [9.17, 15) is 27.9 Å². The third-order valence-corrected chi connectivity index (χ3v) is 6.97. The van der Waals surface area contributed by atoms with Gasteiger partial charge in [0, 0.05) is 40.9 Å². The van der Waals surface area contributed by atoms with Crippen LogP contribution in [0.5, 0.6) is 0 Å². The van der Waals surface area contributed by atoms with Crippen LogP contribution < -0.4 is 4.90 Å². The van der Waals surface area contributed by atoms with Gasteiger partial charge in [-0.15, -0.1) is 0 Å². The molecule has 1 aliphatic heterocycles. The molecule has 184 valence electrons. The molecule has 0 unspecified atom stereocenters. The minimum atomic E-state index is -4.61. The number of alkyl halides is 3. The van der Waals surface area contributed by atoms with Crippen molar-refractivity contribution in [3.05, 3.63) is 59.0 Å². The highest BCUT2D eigenvalue weighted by Crippen LogP contribution is 2.57. The fourth-order valence-corrected chi connectivity index (χ4v) is 5.17. The third-order valence-electron chi connectivity index (χ3n) is 6.73. The maximum absolute atomic E-state index is 13.3. The van der Waals surface area contributed by atoms with Crippen molar-refractivity contribution in [3.63, 3.8) is 0 Å². The van der Waals surface area contributed by atoms with Crippen LogP contribution in [0.4, 0.5) is 23.7 Å². The van der Waals surface area contributed by atoms with Gasteiger partial charge in [0.25, 0.3) is 0 Å². The van der Waals surface area contributed by atoms with Crippen LogP contribution in [0.3, 0.4) is 0 Å². The number of anilines is 1. The first-order valence-electron chi connectivity index (χ1n) is 11.2. The van der Waals surface area contributed by atoms with Crippen LogP contribution in [0.25, 0.3) is 10.9 Å². The Bertz CT molecular complexity index is 1320. The molecule has 5 rings (SSSR count). The molecule has 1 spiro atoms. The zero-order valence-corrected chi connectivity index (χ0v) is 19.3. The van der Waals surface area contributed by atoms with Gasteiger partial charge in [-0.3, -0.25) is 14.7 Å². The number of aromatic nitrogens is 2. The van der Waals surface area contributed by atoms with Crippen molar-refractivity contribution in [1.82, 2.24) is 14.5 Å². The number of rotatable bonds is 7. The average Bonchev–Trinajstić information content (AvgIpc) is 3.48. The molecule has 0 saturated heterocycles. The van der Waals surface area contributed by atoms with Crippen LogP contribution in [-0.2, 0) is 23.3 Å². The van der Waals surface area contributed by atoms with Gasteiger partial charge < -0.3 is 14.6 Å². The molecule has 1 aliphatic carbocycles. The number of carbonyl (C=O) groups excluding carboxylic acids is 1. The van der Waals surface area contributed by atoms with Crippen molar-refractivity contribution in [2.75, 3.05) is 18.0 Å². The van der Waals surface area contributed by atoms with Gasteiger partial charge in [0.2, 0.25) is 5.91 Å². The number of hydrogen-bond donors (Lipinski definition) is 1. The number of aryl methyl sites for hydroxylation is 1. The van der Waals surface area contributed by atoms with E-state index in [1.165, 1.54) is 0 Å². The van der Waals surface area contributed by atoms with Crippen LogP contribution in [0.2, 0.25) is 5.02 Å². The molecule has 1 N–H and O–H groups in total. The van der Waals surface area contributed by atoms with Gasteiger partial charge in [-0.1, -0.05) is 11.6 Å². The molecule has 2 amide bonds. The van der Waals surface area contributed by atoms with Crippen molar-refractivity contribution in [2.45, 2.75) is 43.9 Å². The lowest BCUT2D eigenvalue weighted by molar-refractivity contribution is -0.142. The Morgan fingerprint density at radius 3 is 2.69 bits per heavy atom. The maximum atomic E-state index is 13.3. The van der Waals surface area contributed by atoms with Gasteiger partial charge in [0.15, 0.2) is 0 Å². The van der Waals surface area contributed by atoms with Crippen molar-refractivity contribution >= 4 is 40.2 Å². The number of carbonyl (C=O) groups is 2. The zero-order chi connectivity index (χ0) is 25.0. The summed E-state index contributed by atoms with van der Waals surface area (Å²) in [6, 6.07) is 9.11. The normalized spacial score (nSPS) is 16.2. The second-order valence-electron chi connectivity index (χ2n) is 9.03. The van der Waals surface area contributed by atoms with Crippen molar-refractivity contribution in [3.8, 4) is 0 Å². The first kappa shape index (κ1) is 23.5. The van der Waals surface area contributed by atoms with Crippen LogP contribution in [0, 0.1) is 0 Å². The molecule has 2 aliphatic rings. The highest BCUT2D eigenvalue weighted by Gasteiger charge is 2.59. The van der Waals surface area contributed by atoms with E-state index in [1.807, 2.05) is 22.8 Å². The first-order valence-corrected chi connectivity index (χ1v) is 11.6. The number of halogens is 4. The summed E-state index contributed by atoms with van der Waals surface area (Å²) in [6.07, 6.45) is -1.11. The molecular formula is C24H22ClF3N4O3. The number of pyridine rings is 1. The molecule has 0 bridgehead atoms. The second-order valence-corrected chi connectivity index (χ2v) is 9.47. The molecule has 1 saturated carbocycles. The van der Waals surface area contributed by atoms with Crippen LogP contribution >= 0.6 is 11.6 Å². The molecular weight excluding hydrogens is 485 g/mol. The molecule has 1 fully saturated rings. The SMILES string of the molecule is O=C(O)N(CCCn1c(CN2C(=O)C3(CC3)c3ccncc32)cc2cc(Cl)ccc21)CC(F)(F)F. The van der Waals surface area contributed by atoms with E-state index in [0.717, 1.165) is 40.7 Å². The molecule has 11 heteroatoms. The van der Waals surface area contributed by atoms with Crippen molar-refractivity contribution in [1.29, 1.82) is 0 Å². The van der Waals surface area contributed by atoms with Gasteiger partial charge in [0.05, 0.1) is 23.8 Å². The Balaban J connectivity index is 1.42. The fourth-order valence-electron chi connectivity index (χ4n) is 4.99. The monoisotopic (exact) mass is 506 g/mol. The second kappa shape index (κ2) is 8.44. The summed E-state index contributed by atoms with van der Waals surface area (Å²) in [5.41, 5.74) is 2.86. The highest BCUT2D eigenvalue weighted by molar-refractivity contribution is 6.31. The Morgan fingerprint density at radius 2 is 2.00 bits per heavy atom. The molecule has 3 aromatic rings. The summed E-state index contributed by atoms with van der Waals surface area (Å²) in [6.45, 7) is -1.27. The maximum Gasteiger partial charge on any atom is 0.407 e. The number of amides is 2. The van der Waals surface area contributed by atoms with E-state index in [-0.39, 0.29) is 32.0 Å². The molecule has 1 aromatic carbocycles. The van der Waals surface area contributed by atoms with Crippen molar-refractivity contribution in [2.24, 2.45) is 0 Å². The van der Waals surface area contributed by atoms with E-state index in [2.05, 4.69) is 4.98 Å². The topological polar surface area (TPSA) is 78.7 Å². The fraction of sp³-hybridized carbons (Fsp3) is 0.375. The van der Waals surface area contributed by atoms with Crippen LogP contribution in [0.15, 0.2) is 42.7 Å². The molecule has 7 nitrogen and oxygen atoms in total. The number of hydrogen-bond acceptors (Lipinski definition) is 3. The summed E-state index contributed by atoms with van der Waals surface area (Å²) in [5, 5.41) is 10.5. The lowest BCUT2D eigenvalue weighted by Gasteiger charge is -2.22. The molecule has 2 aromatic heterocycles. The Kier molecular flexibility index (Phi) is 5.66. The van der Waals surface area contributed by atoms with Crippen LogP contribution in [-0.4, -0.2) is 50.8 Å². The van der Waals surface area contributed by atoms with E-state index in [4.69, 9.17) is 11.6 Å². The standard InChI is InChI=1S/C24H22ClF3N4O3/c25-16-2-3-19-15(10-16)11-17(31(19)9-1-8-30(22(34)35)14-24(26,27)28)13-32-20-12-29-7-4-18(20)23(5-6-23)21(32)33/h2-4,7,10-12H,1,5-6,8-9,13-14H2,(H,34,35). The number of nitrogens with zero attached hydrogens (tertiary/aromatic N) is 4. The Hall–Kier alpha value is -3.27. The van der Waals surface area contributed by atoms with E-state index < -0.39 is 24.2 Å². The van der Waals surface area contributed by atoms with E-state index in [0.29, 0.717) is 9.92 Å². The zero-order valence-electron chi connectivity index (χ0n) is 18.6. The number of carboxylic acid groups (broad SMARTS) is 1. The highest BCUT2D eigenvalue weighted by atomic mass is 35.5. The van der Waals surface area contributed by atoms with E-state index >= 15 is 0 Å². The summed E-state index contributed by atoms with van der Waals surface area (Å²) in [7, 11) is 0. The van der Waals surface area contributed by atoms with Gasteiger partial charge in [-0.25, -0.2) is 4.79 Å². The average molecular weight is 507 g/mol. The van der Waals surface area contributed by atoms with Crippen LogP contribution in [0.1, 0.15) is 30.5 Å². The molecule has 0 radical (unpaired) electrons. The summed E-state index contributed by atoms with van der Waals surface area (Å²) in [4.78, 5) is 30.9. The lowest BCUT2D eigenvalue weighted by Crippen LogP contribution is -2.39. The van der Waals surface area contributed by atoms with Gasteiger partial charge in [-0.05, 0) is 55.2 Å². The number of fused-ring (bicyclic) bond motifs is 3. The molecule has 3 heterocycles. The Morgan fingerprint density at radius 1 is 1.23 bits per heavy atom. The quantitative estimate of drug-likeness (QED) is 0.478. The predicted octanol–water partition coefficient (Wildman–Crippen LogP) is 5.20. The predicted molar refractivity (Wildman–Crippen MR) is 124 cm³/mol. The summed E-state index contributed by atoms with van der Waals surface area (Å²) in [5.74, 6) is 0.0255. The van der Waals surface area contributed by atoms with Gasteiger partial charge in [-0.2, -0.15) is 13.2 Å². The third kappa shape index (κ3) is 4.31. The minimum Gasteiger partial charge on any atom is -0.465 e. The summed E-state index contributed by atoms with van der Waals surface area (Å²) >= 11 is 6.17. The smallest absolute Gasteiger partial charge is 0.407 e. The first-order chi connectivity index (χ1) is 16.6. The van der Waals surface area contributed by atoms with Gasteiger partial charge in [0.1, 0.15) is 6.54 Å². The number of benzene rings is 1. The van der Waals surface area contributed by atoms with Crippen molar-refractivity contribution < 1.29 is 27.9 Å². The summed E-state index contributed by atoms with van der Waals surface area (Å²) < 4.78 is 40.2. The van der Waals surface area contributed by atoms with Gasteiger partial charge >= 0.3 is 12.3 Å². The largest absolute Gasteiger partial charge is 0.465 e. The Labute approximate surface area is 203 Å². The minimum absolute atomic E-state index is 0.0255. The van der Waals surface area contributed by atoms with E-state index in [1.54, 1.807) is 29.4 Å². The molecule has 35 heavy (non-hydrogen) atoms.